The van der Waals surface area contributed by atoms with Crippen LogP contribution in [0.15, 0.2) is 18.3 Å². The van der Waals surface area contributed by atoms with E-state index in [4.69, 9.17) is 14.6 Å². The maximum absolute atomic E-state index is 10.9. The van der Waals surface area contributed by atoms with E-state index >= 15 is 0 Å². The van der Waals surface area contributed by atoms with Crippen LogP contribution in [0.5, 0.6) is 11.5 Å². The summed E-state index contributed by atoms with van der Waals surface area (Å²) in [7, 11) is 3.36. The van der Waals surface area contributed by atoms with Gasteiger partial charge in [-0.25, -0.2) is 0 Å². The van der Waals surface area contributed by atoms with Gasteiger partial charge in [-0.15, -0.1) is 0 Å². The number of anilines is 1. The lowest BCUT2D eigenvalue weighted by Gasteiger charge is -2.50. The van der Waals surface area contributed by atoms with E-state index in [0.717, 1.165) is 49.3 Å². The summed E-state index contributed by atoms with van der Waals surface area (Å²) in [5.74, 6) is -0.0784. The summed E-state index contributed by atoms with van der Waals surface area (Å²) in [6.07, 6.45) is 4.73. The van der Waals surface area contributed by atoms with Gasteiger partial charge < -0.3 is 24.6 Å². The number of hydrogen-bond donors (Lipinski definition) is 2. The number of nitrogens with zero attached hydrogens (tertiary/aromatic N) is 3. The molecule has 2 N–H and O–H groups in total. The molecule has 1 aromatic heterocycles. The van der Waals surface area contributed by atoms with Crippen molar-refractivity contribution in [3.63, 3.8) is 0 Å². The number of aryl methyl sites for hydroxylation is 1. The number of phenolic OH excluding ortho intramolecular Hbond substituents is 2. The first-order valence-electron chi connectivity index (χ1n) is 11.4. The highest BCUT2D eigenvalue weighted by molar-refractivity contribution is 5.62. The summed E-state index contributed by atoms with van der Waals surface area (Å²) < 4.78 is 13.8. The first-order valence-corrected chi connectivity index (χ1v) is 11.4. The topological polar surface area (TPSA) is 80.0 Å². The Bertz CT molecular complexity index is 885. The molecule has 2 fully saturated rings. The molecule has 1 saturated heterocycles. The molecule has 7 nitrogen and oxygen atoms in total. The second kappa shape index (κ2) is 8.71. The van der Waals surface area contributed by atoms with Gasteiger partial charge in [-0.2, -0.15) is 5.10 Å². The fourth-order valence-corrected chi connectivity index (χ4v) is 5.31. The van der Waals surface area contributed by atoms with Gasteiger partial charge in [0.25, 0.3) is 0 Å². The summed E-state index contributed by atoms with van der Waals surface area (Å²) in [4.78, 5) is 2.20. The lowest BCUT2D eigenvalue weighted by molar-refractivity contribution is -0.116. The van der Waals surface area contributed by atoms with E-state index in [-0.39, 0.29) is 41.6 Å². The molecule has 0 radical (unpaired) electrons. The molecule has 1 saturated carbocycles. The van der Waals surface area contributed by atoms with Gasteiger partial charge in [0.1, 0.15) is 11.5 Å². The second-order valence-electron chi connectivity index (χ2n) is 9.00. The zero-order valence-corrected chi connectivity index (χ0v) is 19.2. The minimum atomic E-state index is -0.264. The van der Waals surface area contributed by atoms with E-state index in [1.165, 1.54) is 0 Å². The smallest absolute Gasteiger partial charge is 0.125 e. The highest BCUT2D eigenvalue weighted by Gasteiger charge is 2.55. The van der Waals surface area contributed by atoms with E-state index in [1.54, 1.807) is 26.4 Å². The third-order valence-electron chi connectivity index (χ3n) is 6.95. The van der Waals surface area contributed by atoms with Crippen LogP contribution < -0.4 is 4.90 Å². The van der Waals surface area contributed by atoms with Crippen molar-refractivity contribution in [1.82, 2.24) is 9.78 Å². The van der Waals surface area contributed by atoms with Gasteiger partial charge in [0.05, 0.1) is 17.9 Å². The van der Waals surface area contributed by atoms with Crippen LogP contribution in [-0.2, 0) is 15.9 Å². The standard InChI is InChI=1S/C24H35N3O4/c1-6-17-16(13-27(25-17)14(2)3)20-23(30-4)22(24(20)31-5)21-18(28)11-15(12-19(21)29)26-9-7-8-10-26/h11-14,20,22-24,28-29H,6-10H2,1-5H3. The zero-order valence-electron chi connectivity index (χ0n) is 19.2. The van der Waals surface area contributed by atoms with Crippen molar-refractivity contribution in [3.8, 4) is 11.5 Å². The number of ether oxygens (including phenoxy) is 2. The molecule has 2 aliphatic rings. The Morgan fingerprint density at radius 3 is 2.10 bits per heavy atom. The van der Waals surface area contributed by atoms with E-state index in [1.807, 2.05) is 4.68 Å². The van der Waals surface area contributed by atoms with Crippen LogP contribution in [0.3, 0.4) is 0 Å². The molecule has 4 rings (SSSR count). The lowest BCUT2D eigenvalue weighted by atomic mass is 9.62. The molecule has 7 heteroatoms. The Morgan fingerprint density at radius 2 is 1.61 bits per heavy atom. The van der Waals surface area contributed by atoms with Crippen LogP contribution in [0.4, 0.5) is 5.69 Å². The Hall–Kier alpha value is -2.25. The lowest BCUT2D eigenvalue weighted by Crippen LogP contribution is -2.53. The molecule has 2 heterocycles. The van der Waals surface area contributed by atoms with E-state index < -0.39 is 0 Å². The van der Waals surface area contributed by atoms with Crippen molar-refractivity contribution >= 4 is 5.69 Å². The third-order valence-corrected chi connectivity index (χ3v) is 6.95. The van der Waals surface area contributed by atoms with Gasteiger partial charge in [0.2, 0.25) is 0 Å². The summed E-state index contributed by atoms with van der Waals surface area (Å²) in [5, 5.41) is 26.6. The predicted molar refractivity (Wildman–Crippen MR) is 120 cm³/mol. The number of benzene rings is 1. The molecule has 31 heavy (non-hydrogen) atoms. The van der Waals surface area contributed by atoms with Gasteiger partial charge in [0.15, 0.2) is 0 Å². The Balaban J connectivity index is 1.69. The minimum absolute atomic E-state index is 0.0143. The van der Waals surface area contributed by atoms with Gasteiger partial charge in [-0.1, -0.05) is 6.92 Å². The predicted octanol–water partition coefficient (Wildman–Crippen LogP) is 3.95. The average molecular weight is 430 g/mol. The van der Waals surface area contributed by atoms with Crippen LogP contribution in [0, 0.1) is 0 Å². The highest BCUT2D eigenvalue weighted by atomic mass is 16.5. The quantitative estimate of drug-likeness (QED) is 0.694. The Labute approximate surface area is 184 Å². The second-order valence-corrected chi connectivity index (χ2v) is 9.00. The van der Waals surface area contributed by atoms with Crippen molar-refractivity contribution in [2.45, 2.75) is 70.1 Å². The molecule has 170 valence electrons. The van der Waals surface area contributed by atoms with E-state index in [9.17, 15) is 10.2 Å². The number of methoxy groups -OCH3 is 2. The van der Waals surface area contributed by atoms with Crippen molar-refractivity contribution in [3.05, 3.63) is 35.2 Å². The molecule has 1 aliphatic heterocycles. The molecular weight excluding hydrogens is 394 g/mol. The van der Waals surface area contributed by atoms with E-state index in [0.29, 0.717) is 5.56 Å². The monoisotopic (exact) mass is 429 g/mol. The van der Waals surface area contributed by atoms with E-state index in [2.05, 4.69) is 31.9 Å². The molecule has 0 spiro atoms. The number of hydrogen-bond acceptors (Lipinski definition) is 6. The molecule has 1 aromatic carbocycles. The highest BCUT2D eigenvalue weighted by Crippen LogP contribution is 2.56. The summed E-state index contributed by atoms with van der Waals surface area (Å²) >= 11 is 0. The fraction of sp³-hybridized carbons (Fsp3) is 0.625. The zero-order chi connectivity index (χ0) is 22.3. The van der Waals surface area contributed by atoms with Crippen LogP contribution in [0.25, 0.3) is 0 Å². The molecule has 0 bridgehead atoms. The summed E-state index contributed by atoms with van der Waals surface area (Å²) in [5.41, 5.74) is 3.53. The third kappa shape index (κ3) is 3.68. The van der Waals surface area contributed by atoms with Gasteiger partial charge in [-0.05, 0) is 33.1 Å². The maximum atomic E-state index is 10.9. The molecule has 1 aliphatic carbocycles. The van der Waals surface area contributed by atoms with Crippen molar-refractivity contribution in [2.75, 3.05) is 32.2 Å². The van der Waals surface area contributed by atoms with Crippen LogP contribution in [0.2, 0.25) is 0 Å². The molecule has 0 amide bonds. The van der Waals surface area contributed by atoms with Crippen LogP contribution >= 0.6 is 0 Å². The average Bonchev–Trinajstić information content (AvgIpc) is 3.40. The summed E-state index contributed by atoms with van der Waals surface area (Å²) in [6, 6.07) is 3.80. The first kappa shape index (κ1) is 22.0. The van der Waals surface area contributed by atoms with Crippen molar-refractivity contribution < 1.29 is 19.7 Å². The number of rotatable bonds is 7. The molecule has 2 aromatic rings. The molecule has 2 unspecified atom stereocenters. The van der Waals surface area contributed by atoms with Gasteiger partial charge >= 0.3 is 0 Å². The fourth-order valence-electron chi connectivity index (χ4n) is 5.31. The molecule has 2 atom stereocenters. The first-order chi connectivity index (χ1) is 14.9. The number of aromatic hydroxyl groups is 2. The van der Waals surface area contributed by atoms with Crippen molar-refractivity contribution in [2.24, 2.45) is 0 Å². The van der Waals surface area contributed by atoms with Crippen LogP contribution in [0.1, 0.15) is 68.3 Å². The van der Waals surface area contributed by atoms with Gasteiger partial charge in [0, 0.05) is 80.3 Å². The Kier molecular flexibility index (Phi) is 6.17. The largest absolute Gasteiger partial charge is 0.507 e. The van der Waals surface area contributed by atoms with Gasteiger partial charge in [-0.3, -0.25) is 4.68 Å². The summed E-state index contributed by atoms with van der Waals surface area (Å²) in [6.45, 7) is 8.22. The number of aromatic nitrogens is 2. The SMILES string of the molecule is CCc1nn(C(C)C)cc1C1C(OC)C(c2c(O)cc(N3CCCC3)cc2O)C1OC. The van der Waals surface area contributed by atoms with Crippen molar-refractivity contribution in [1.29, 1.82) is 0 Å². The molecular formula is C24H35N3O4. The normalized spacial score (nSPS) is 25.9. The Morgan fingerprint density at radius 1 is 1.03 bits per heavy atom. The minimum Gasteiger partial charge on any atom is -0.507 e. The van der Waals surface area contributed by atoms with Crippen LogP contribution in [-0.4, -0.2) is 59.5 Å². The number of phenols is 2. The maximum Gasteiger partial charge on any atom is 0.125 e.